The van der Waals surface area contributed by atoms with Gasteiger partial charge in [0.2, 0.25) is 0 Å². The summed E-state index contributed by atoms with van der Waals surface area (Å²) in [5.41, 5.74) is 1.32. The number of hydrogen-bond donors (Lipinski definition) is 1. The second-order valence-electron chi connectivity index (χ2n) is 4.32. The standard InChI is InChI=1S/C14H18IN3/c1-3-16-13(10-14-17-8-9-18(14)2)11-4-6-12(15)7-5-11/h4-9,13,16H,3,10H2,1-2H3. The van der Waals surface area contributed by atoms with Gasteiger partial charge in [0.25, 0.3) is 0 Å². The van der Waals surface area contributed by atoms with Crippen molar-refractivity contribution in [2.75, 3.05) is 6.54 Å². The van der Waals surface area contributed by atoms with Gasteiger partial charge >= 0.3 is 0 Å². The van der Waals surface area contributed by atoms with Crippen molar-refractivity contribution in [3.05, 3.63) is 51.6 Å². The lowest BCUT2D eigenvalue weighted by molar-refractivity contribution is 0.529. The van der Waals surface area contributed by atoms with Crippen molar-refractivity contribution < 1.29 is 0 Å². The number of nitrogens with one attached hydrogen (secondary N) is 1. The van der Waals surface area contributed by atoms with E-state index in [2.05, 4.69) is 68.6 Å². The molecule has 0 aliphatic rings. The molecule has 18 heavy (non-hydrogen) atoms. The van der Waals surface area contributed by atoms with Crippen molar-refractivity contribution in [3.8, 4) is 0 Å². The minimum absolute atomic E-state index is 0.327. The summed E-state index contributed by atoms with van der Waals surface area (Å²) in [6, 6.07) is 9.01. The van der Waals surface area contributed by atoms with E-state index in [1.54, 1.807) is 0 Å². The Morgan fingerprint density at radius 2 is 2.06 bits per heavy atom. The molecule has 0 aliphatic carbocycles. The molecule has 1 aromatic heterocycles. The molecule has 4 heteroatoms. The smallest absolute Gasteiger partial charge is 0.110 e. The van der Waals surface area contributed by atoms with Crippen molar-refractivity contribution >= 4 is 22.6 Å². The van der Waals surface area contributed by atoms with Crippen LogP contribution in [-0.2, 0) is 13.5 Å². The molecule has 0 radical (unpaired) electrons. The van der Waals surface area contributed by atoms with Gasteiger partial charge in [-0.1, -0.05) is 19.1 Å². The first kappa shape index (κ1) is 13.5. The molecule has 3 nitrogen and oxygen atoms in total. The van der Waals surface area contributed by atoms with Gasteiger partial charge in [0.1, 0.15) is 5.82 Å². The summed E-state index contributed by atoms with van der Waals surface area (Å²) >= 11 is 2.33. The third kappa shape index (κ3) is 3.32. The highest BCUT2D eigenvalue weighted by Crippen LogP contribution is 2.18. The van der Waals surface area contributed by atoms with Crippen molar-refractivity contribution in [1.82, 2.24) is 14.9 Å². The fourth-order valence-electron chi connectivity index (χ4n) is 2.03. The van der Waals surface area contributed by atoms with Crippen LogP contribution in [0.2, 0.25) is 0 Å². The number of aromatic nitrogens is 2. The summed E-state index contributed by atoms with van der Waals surface area (Å²) in [5, 5.41) is 3.53. The molecule has 2 rings (SSSR count). The van der Waals surface area contributed by atoms with Crippen LogP contribution in [0, 0.1) is 3.57 Å². The van der Waals surface area contributed by atoms with E-state index in [4.69, 9.17) is 0 Å². The van der Waals surface area contributed by atoms with Crippen LogP contribution in [0.4, 0.5) is 0 Å². The van der Waals surface area contributed by atoms with Crippen LogP contribution >= 0.6 is 22.6 Å². The summed E-state index contributed by atoms with van der Waals surface area (Å²) in [7, 11) is 2.04. The summed E-state index contributed by atoms with van der Waals surface area (Å²) in [4.78, 5) is 4.40. The van der Waals surface area contributed by atoms with Crippen LogP contribution in [0.15, 0.2) is 36.7 Å². The van der Waals surface area contributed by atoms with Gasteiger partial charge < -0.3 is 9.88 Å². The Kier molecular flexibility index (Phi) is 4.77. The van der Waals surface area contributed by atoms with Crippen LogP contribution in [0.1, 0.15) is 24.4 Å². The normalized spacial score (nSPS) is 12.6. The maximum Gasteiger partial charge on any atom is 0.110 e. The molecule has 0 saturated carbocycles. The molecular weight excluding hydrogens is 337 g/mol. The summed E-state index contributed by atoms with van der Waals surface area (Å²) in [5.74, 6) is 1.11. The van der Waals surface area contributed by atoms with E-state index in [0.717, 1.165) is 18.8 Å². The zero-order chi connectivity index (χ0) is 13.0. The number of aryl methyl sites for hydroxylation is 1. The monoisotopic (exact) mass is 355 g/mol. The van der Waals surface area contributed by atoms with Gasteiger partial charge in [-0.2, -0.15) is 0 Å². The highest BCUT2D eigenvalue weighted by atomic mass is 127. The number of likely N-dealkylation sites (N-methyl/N-ethyl adjacent to an activating group) is 1. The molecular formula is C14H18IN3. The average Bonchev–Trinajstić information content (AvgIpc) is 2.76. The van der Waals surface area contributed by atoms with Crippen LogP contribution < -0.4 is 5.32 Å². The molecule has 0 fully saturated rings. The molecule has 2 aromatic rings. The molecule has 96 valence electrons. The van der Waals surface area contributed by atoms with Gasteiger partial charge in [-0.25, -0.2) is 4.98 Å². The van der Waals surface area contributed by atoms with E-state index in [-0.39, 0.29) is 0 Å². The SMILES string of the molecule is CCNC(Cc1nccn1C)c1ccc(I)cc1. The lowest BCUT2D eigenvalue weighted by atomic mass is 10.0. The van der Waals surface area contributed by atoms with Crippen molar-refractivity contribution in [2.45, 2.75) is 19.4 Å². The van der Waals surface area contributed by atoms with E-state index < -0.39 is 0 Å². The lowest BCUT2D eigenvalue weighted by Gasteiger charge is -2.18. The fourth-order valence-corrected chi connectivity index (χ4v) is 2.38. The largest absolute Gasteiger partial charge is 0.338 e. The van der Waals surface area contributed by atoms with Gasteiger partial charge in [-0.15, -0.1) is 0 Å². The fraction of sp³-hybridized carbons (Fsp3) is 0.357. The second kappa shape index (κ2) is 6.33. The predicted molar refractivity (Wildman–Crippen MR) is 82.5 cm³/mol. The Morgan fingerprint density at radius 1 is 1.33 bits per heavy atom. The maximum absolute atomic E-state index is 4.40. The zero-order valence-corrected chi connectivity index (χ0v) is 12.9. The summed E-state index contributed by atoms with van der Waals surface area (Å²) in [6.45, 7) is 3.10. The first-order valence-electron chi connectivity index (χ1n) is 6.15. The van der Waals surface area contributed by atoms with Gasteiger partial charge in [-0.05, 0) is 46.8 Å². The van der Waals surface area contributed by atoms with Gasteiger partial charge in [0.15, 0.2) is 0 Å². The first-order chi connectivity index (χ1) is 8.70. The number of halogens is 1. The number of imidazole rings is 1. The van der Waals surface area contributed by atoms with Crippen LogP contribution in [-0.4, -0.2) is 16.1 Å². The molecule has 1 atom stereocenters. The number of benzene rings is 1. The van der Waals surface area contributed by atoms with Crippen LogP contribution in [0.3, 0.4) is 0 Å². The molecule has 0 aliphatic heterocycles. The number of rotatable bonds is 5. The molecule has 0 saturated heterocycles. The minimum Gasteiger partial charge on any atom is -0.338 e. The summed E-state index contributed by atoms with van der Waals surface area (Å²) in [6.07, 6.45) is 4.76. The molecule has 1 aromatic carbocycles. The Labute approximate surface area is 122 Å². The summed E-state index contributed by atoms with van der Waals surface area (Å²) < 4.78 is 3.35. The van der Waals surface area contributed by atoms with E-state index >= 15 is 0 Å². The van der Waals surface area contributed by atoms with Gasteiger partial charge in [-0.3, -0.25) is 0 Å². The zero-order valence-electron chi connectivity index (χ0n) is 10.7. The van der Waals surface area contributed by atoms with Gasteiger partial charge in [0.05, 0.1) is 0 Å². The predicted octanol–water partition coefficient (Wildman–Crippen LogP) is 2.92. The molecule has 1 heterocycles. The Balaban J connectivity index is 2.18. The third-order valence-electron chi connectivity index (χ3n) is 3.03. The van der Waals surface area contributed by atoms with Crippen LogP contribution in [0.5, 0.6) is 0 Å². The van der Waals surface area contributed by atoms with E-state index in [9.17, 15) is 0 Å². The average molecular weight is 355 g/mol. The molecule has 1 N–H and O–H groups in total. The van der Waals surface area contributed by atoms with Crippen LogP contribution in [0.25, 0.3) is 0 Å². The van der Waals surface area contributed by atoms with E-state index in [1.165, 1.54) is 9.13 Å². The molecule has 0 amide bonds. The Bertz CT molecular complexity index is 490. The topological polar surface area (TPSA) is 29.9 Å². The van der Waals surface area contributed by atoms with Crippen molar-refractivity contribution in [3.63, 3.8) is 0 Å². The molecule has 0 spiro atoms. The molecule has 1 unspecified atom stereocenters. The van der Waals surface area contributed by atoms with Crippen molar-refractivity contribution in [2.24, 2.45) is 7.05 Å². The second-order valence-corrected chi connectivity index (χ2v) is 5.57. The number of hydrogen-bond acceptors (Lipinski definition) is 2. The lowest BCUT2D eigenvalue weighted by Crippen LogP contribution is -2.24. The molecule has 0 bridgehead atoms. The number of nitrogens with zero attached hydrogens (tertiary/aromatic N) is 2. The maximum atomic E-state index is 4.40. The Hall–Kier alpha value is -0.880. The Morgan fingerprint density at radius 3 is 2.61 bits per heavy atom. The van der Waals surface area contributed by atoms with Crippen molar-refractivity contribution in [1.29, 1.82) is 0 Å². The highest BCUT2D eigenvalue weighted by Gasteiger charge is 2.13. The van der Waals surface area contributed by atoms with E-state index in [0.29, 0.717) is 6.04 Å². The third-order valence-corrected chi connectivity index (χ3v) is 3.75. The quantitative estimate of drug-likeness (QED) is 0.836. The van der Waals surface area contributed by atoms with Gasteiger partial charge in [0, 0.05) is 35.5 Å². The minimum atomic E-state index is 0.327. The first-order valence-corrected chi connectivity index (χ1v) is 7.23. The van der Waals surface area contributed by atoms with E-state index in [1.807, 2.05) is 19.4 Å². The highest BCUT2D eigenvalue weighted by molar-refractivity contribution is 14.1.